The van der Waals surface area contributed by atoms with Crippen LogP contribution in [0.5, 0.6) is 0 Å². The first-order valence-corrected chi connectivity index (χ1v) is 10.2. The van der Waals surface area contributed by atoms with Crippen LogP contribution in [0.3, 0.4) is 0 Å². The first-order chi connectivity index (χ1) is 9.97. The van der Waals surface area contributed by atoms with Gasteiger partial charge in [-0.1, -0.05) is 13.3 Å². The molecule has 118 valence electrons. The Bertz CT molecular complexity index is 605. The number of hydrogen-bond acceptors (Lipinski definition) is 4. The summed E-state index contributed by atoms with van der Waals surface area (Å²) in [5.41, 5.74) is 0.866. The summed E-state index contributed by atoms with van der Waals surface area (Å²) < 4.78 is 28.5. The molecule has 1 aromatic rings. The van der Waals surface area contributed by atoms with Crippen molar-refractivity contribution in [3.63, 3.8) is 0 Å². The molecule has 21 heavy (non-hydrogen) atoms. The predicted octanol–water partition coefficient (Wildman–Crippen LogP) is 2.78. The molecule has 0 spiro atoms. The highest BCUT2D eigenvalue weighted by molar-refractivity contribution is 7.89. The van der Waals surface area contributed by atoms with Crippen molar-refractivity contribution in [3.05, 3.63) is 15.8 Å². The zero-order valence-electron chi connectivity index (χ0n) is 12.7. The lowest BCUT2D eigenvalue weighted by molar-refractivity contribution is 0.476. The largest absolute Gasteiger partial charge is 0.309 e. The topological polar surface area (TPSA) is 58.2 Å². The van der Waals surface area contributed by atoms with Crippen molar-refractivity contribution in [2.75, 3.05) is 0 Å². The monoisotopic (exact) mass is 328 g/mol. The molecular formula is C15H24N2O2S2. The van der Waals surface area contributed by atoms with Crippen molar-refractivity contribution in [2.45, 2.75) is 69.5 Å². The third kappa shape index (κ3) is 3.50. The Hall–Kier alpha value is -0.430. The van der Waals surface area contributed by atoms with Gasteiger partial charge in [0.25, 0.3) is 0 Å². The Morgan fingerprint density at radius 2 is 2.05 bits per heavy atom. The predicted molar refractivity (Wildman–Crippen MR) is 86.0 cm³/mol. The van der Waals surface area contributed by atoms with Gasteiger partial charge in [0.05, 0.1) is 0 Å². The number of thiophene rings is 1. The van der Waals surface area contributed by atoms with Gasteiger partial charge in [-0.15, -0.1) is 11.3 Å². The van der Waals surface area contributed by atoms with Gasteiger partial charge in [0.1, 0.15) is 4.90 Å². The van der Waals surface area contributed by atoms with Crippen molar-refractivity contribution in [1.82, 2.24) is 10.0 Å². The molecule has 2 unspecified atom stereocenters. The molecule has 0 bridgehead atoms. The van der Waals surface area contributed by atoms with Gasteiger partial charge in [-0.2, -0.15) is 0 Å². The maximum absolute atomic E-state index is 12.8. The molecule has 2 saturated carbocycles. The maximum Gasteiger partial charge on any atom is 0.242 e. The van der Waals surface area contributed by atoms with Gasteiger partial charge in [-0.25, -0.2) is 13.1 Å². The molecule has 0 amide bonds. The molecule has 0 saturated heterocycles. The molecule has 4 nitrogen and oxygen atoms in total. The second-order valence-corrected chi connectivity index (χ2v) is 9.08. The normalized spacial score (nSPS) is 26.4. The highest BCUT2D eigenvalue weighted by atomic mass is 32.2. The lowest BCUT2D eigenvalue weighted by Gasteiger charge is -2.18. The Balaban J connectivity index is 1.78. The van der Waals surface area contributed by atoms with Crippen molar-refractivity contribution >= 4 is 21.4 Å². The lowest BCUT2D eigenvalue weighted by atomic mass is 10.1. The number of nitrogens with one attached hydrogen (secondary N) is 2. The first-order valence-electron chi connectivity index (χ1n) is 7.80. The minimum absolute atomic E-state index is 0.0959. The summed E-state index contributed by atoms with van der Waals surface area (Å²) in [5, 5.41) is 5.37. The molecule has 1 heterocycles. The van der Waals surface area contributed by atoms with Crippen LogP contribution in [0.4, 0.5) is 0 Å². The zero-order valence-corrected chi connectivity index (χ0v) is 14.3. The summed E-state index contributed by atoms with van der Waals surface area (Å²) in [6, 6.07) is 0.685. The molecule has 3 rings (SSSR count). The molecule has 0 aliphatic heterocycles. The van der Waals surface area contributed by atoms with Crippen molar-refractivity contribution < 1.29 is 8.42 Å². The molecule has 2 aliphatic rings. The van der Waals surface area contributed by atoms with Crippen LogP contribution in [0.25, 0.3) is 0 Å². The molecule has 0 radical (unpaired) electrons. The molecule has 6 heteroatoms. The fraction of sp³-hybridized carbons (Fsp3) is 0.733. The van der Waals surface area contributed by atoms with Crippen LogP contribution in [-0.2, 0) is 16.6 Å². The first kappa shape index (κ1) is 15.5. The summed E-state index contributed by atoms with van der Waals surface area (Å²) >= 11 is 1.55. The highest BCUT2D eigenvalue weighted by Gasteiger charge is 2.31. The van der Waals surface area contributed by atoms with E-state index in [1.165, 1.54) is 12.8 Å². The van der Waals surface area contributed by atoms with Crippen LogP contribution in [-0.4, -0.2) is 20.5 Å². The van der Waals surface area contributed by atoms with Crippen LogP contribution in [0.1, 0.15) is 49.5 Å². The van der Waals surface area contributed by atoms with Crippen molar-refractivity contribution in [3.8, 4) is 0 Å². The van der Waals surface area contributed by atoms with E-state index in [4.69, 9.17) is 0 Å². The Kier molecular flexibility index (Phi) is 4.41. The maximum atomic E-state index is 12.8. The van der Waals surface area contributed by atoms with E-state index in [1.54, 1.807) is 11.3 Å². The second kappa shape index (κ2) is 5.99. The van der Waals surface area contributed by atoms with Crippen molar-refractivity contribution in [1.29, 1.82) is 0 Å². The summed E-state index contributed by atoms with van der Waals surface area (Å²) in [4.78, 5) is 1.46. The van der Waals surface area contributed by atoms with Gasteiger partial charge >= 0.3 is 0 Å². The summed E-state index contributed by atoms with van der Waals surface area (Å²) in [6.45, 7) is 4.69. The number of rotatable bonds is 6. The molecular weight excluding hydrogens is 304 g/mol. The van der Waals surface area contributed by atoms with E-state index in [-0.39, 0.29) is 6.04 Å². The molecule has 1 aromatic heterocycles. The van der Waals surface area contributed by atoms with Gasteiger partial charge in [-0.05, 0) is 49.5 Å². The third-order valence-corrected chi connectivity index (χ3v) is 7.51. The van der Waals surface area contributed by atoms with Crippen LogP contribution in [0.2, 0.25) is 0 Å². The van der Waals surface area contributed by atoms with Gasteiger partial charge in [0.2, 0.25) is 10.0 Å². The summed E-state index contributed by atoms with van der Waals surface area (Å²) in [6.07, 6.45) is 5.62. The van der Waals surface area contributed by atoms with Gasteiger partial charge in [0, 0.05) is 23.5 Å². The minimum Gasteiger partial charge on any atom is -0.309 e. The van der Waals surface area contributed by atoms with E-state index >= 15 is 0 Å². The highest BCUT2D eigenvalue weighted by Crippen LogP contribution is 2.31. The number of sulfonamides is 1. The average Bonchev–Trinajstić information content (AvgIpc) is 3.06. The molecule has 0 aromatic carbocycles. The number of hydrogen-bond donors (Lipinski definition) is 2. The van der Waals surface area contributed by atoms with Gasteiger partial charge < -0.3 is 5.32 Å². The number of aryl methyl sites for hydroxylation is 1. The average molecular weight is 329 g/mol. The van der Waals surface area contributed by atoms with Gasteiger partial charge in [-0.3, -0.25) is 0 Å². The van der Waals surface area contributed by atoms with Crippen LogP contribution >= 0.6 is 11.3 Å². The van der Waals surface area contributed by atoms with E-state index in [1.807, 2.05) is 12.3 Å². The molecule has 2 atom stereocenters. The van der Waals surface area contributed by atoms with Gasteiger partial charge in [0.15, 0.2) is 0 Å². The SMILES string of the molecule is Cc1csc(CNC2CC2)c1S(=O)(=O)NC1CCCC1C. The molecule has 2 N–H and O–H groups in total. The van der Waals surface area contributed by atoms with E-state index in [0.717, 1.165) is 29.7 Å². The van der Waals surface area contributed by atoms with E-state index in [0.29, 0.717) is 23.4 Å². The van der Waals surface area contributed by atoms with E-state index in [2.05, 4.69) is 17.0 Å². The van der Waals surface area contributed by atoms with E-state index < -0.39 is 10.0 Å². The zero-order chi connectivity index (χ0) is 15.0. The summed E-state index contributed by atoms with van der Waals surface area (Å²) in [7, 11) is -3.40. The minimum atomic E-state index is -3.40. The van der Waals surface area contributed by atoms with E-state index in [9.17, 15) is 8.42 Å². The van der Waals surface area contributed by atoms with Crippen LogP contribution in [0.15, 0.2) is 10.3 Å². The molecule has 2 fully saturated rings. The fourth-order valence-electron chi connectivity index (χ4n) is 3.07. The quantitative estimate of drug-likeness (QED) is 0.844. The Labute approximate surface area is 131 Å². The Morgan fingerprint density at radius 1 is 1.29 bits per heavy atom. The standard InChI is InChI=1S/C15H24N2O2S2/c1-10-4-3-5-13(10)17-21(18,19)15-11(2)9-20-14(15)8-16-12-6-7-12/h9-10,12-13,16-17H,3-8H2,1-2H3. The molecule has 2 aliphatic carbocycles. The fourth-order valence-corrected chi connectivity index (χ4v) is 6.21. The smallest absolute Gasteiger partial charge is 0.242 e. The van der Waals surface area contributed by atoms with Crippen molar-refractivity contribution in [2.24, 2.45) is 5.92 Å². The van der Waals surface area contributed by atoms with Crippen LogP contribution < -0.4 is 10.0 Å². The lowest BCUT2D eigenvalue weighted by Crippen LogP contribution is -2.37. The summed E-state index contributed by atoms with van der Waals surface area (Å²) in [5.74, 6) is 0.437. The Morgan fingerprint density at radius 3 is 2.67 bits per heavy atom. The van der Waals surface area contributed by atoms with Crippen LogP contribution in [0, 0.1) is 12.8 Å². The third-order valence-electron chi connectivity index (χ3n) is 4.55. The second-order valence-electron chi connectivity index (χ2n) is 6.46.